The van der Waals surface area contributed by atoms with Gasteiger partial charge in [0.05, 0.1) is 40.3 Å². The zero-order valence-electron chi connectivity index (χ0n) is 44.1. The van der Waals surface area contributed by atoms with E-state index >= 15 is 0 Å². The maximum absolute atomic E-state index is 12.8. The summed E-state index contributed by atoms with van der Waals surface area (Å²) < 4.78 is 22.5. The van der Waals surface area contributed by atoms with Gasteiger partial charge in [0, 0.05) is 12.8 Å². The highest BCUT2D eigenvalue weighted by Gasteiger charge is 2.21. The number of aliphatic carboxylic acids is 1. The Morgan fingerprint density at radius 3 is 1.29 bits per heavy atom. The Morgan fingerprint density at radius 1 is 0.449 bits per heavy atom. The maximum atomic E-state index is 12.8. The van der Waals surface area contributed by atoms with Crippen LogP contribution in [-0.4, -0.2) is 82.3 Å². The van der Waals surface area contributed by atoms with Gasteiger partial charge in [-0.15, -0.1) is 0 Å². The van der Waals surface area contributed by atoms with E-state index in [-0.39, 0.29) is 38.6 Å². The van der Waals surface area contributed by atoms with Crippen LogP contribution >= 0.6 is 0 Å². The van der Waals surface area contributed by atoms with E-state index in [1.807, 2.05) is 27.2 Å². The van der Waals surface area contributed by atoms with Crippen LogP contribution in [0.15, 0.2) is 122 Å². The highest BCUT2D eigenvalue weighted by Crippen LogP contribution is 2.12. The van der Waals surface area contributed by atoms with Crippen molar-refractivity contribution >= 4 is 17.9 Å². The fourth-order valence-corrected chi connectivity index (χ4v) is 6.59. The Labute approximate surface area is 421 Å². The lowest BCUT2D eigenvalue weighted by Gasteiger charge is -2.26. The Balaban J connectivity index is 4.46. The van der Waals surface area contributed by atoms with Crippen LogP contribution < -0.4 is 5.11 Å². The lowest BCUT2D eigenvalue weighted by Crippen LogP contribution is -2.44. The molecule has 0 saturated heterocycles. The molecule has 0 amide bonds. The van der Waals surface area contributed by atoms with Crippen molar-refractivity contribution in [2.75, 3.05) is 47.5 Å². The Hall–Kier alpha value is -4.31. The molecule has 2 unspecified atom stereocenters. The summed E-state index contributed by atoms with van der Waals surface area (Å²) in [5, 5.41) is 11.7. The van der Waals surface area contributed by atoms with Gasteiger partial charge in [-0.05, 0) is 103 Å². The number of ether oxygens (including phenoxy) is 4. The molecule has 0 fully saturated rings. The predicted molar refractivity (Wildman–Crippen MR) is 287 cm³/mol. The van der Waals surface area contributed by atoms with Crippen molar-refractivity contribution in [2.45, 2.75) is 193 Å². The number of carboxylic acids is 1. The lowest BCUT2D eigenvalue weighted by molar-refractivity contribution is -0.870. The molecule has 0 aliphatic heterocycles. The van der Waals surface area contributed by atoms with Crippen molar-refractivity contribution in [1.29, 1.82) is 0 Å². The summed E-state index contributed by atoms with van der Waals surface area (Å²) >= 11 is 0. The van der Waals surface area contributed by atoms with Crippen molar-refractivity contribution in [3.8, 4) is 0 Å². The summed E-state index contributed by atoms with van der Waals surface area (Å²) in [7, 11) is 5.88. The maximum Gasteiger partial charge on any atom is 0.306 e. The van der Waals surface area contributed by atoms with Crippen molar-refractivity contribution in [1.82, 2.24) is 0 Å². The highest BCUT2D eigenvalue weighted by atomic mass is 16.7. The number of nitrogens with zero attached hydrogens (tertiary/aromatic N) is 1. The molecule has 390 valence electrons. The van der Waals surface area contributed by atoms with E-state index in [0.717, 1.165) is 89.9 Å². The molecule has 69 heavy (non-hydrogen) atoms. The summed E-state index contributed by atoms with van der Waals surface area (Å²) in [6, 6.07) is 0. The first kappa shape index (κ1) is 64.7. The molecule has 9 heteroatoms. The SMILES string of the molecule is CC/C=C\C/C=C\C/C=C\C/C=C\C/C=C\C/C=C\C/C=C\C/C=C\C/C=C\CCCC(=O)OC(COC(=O)CCCCCCC/C=C\CCCCCCCC)COC(OCC[N+](C)(C)C)C(=O)[O-]. The van der Waals surface area contributed by atoms with Gasteiger partial charge in [-0.2, -0.15) is 0 Å². The molecule has 0 bridgehead atoms. The Morgan fingerprint density at radius 2 is 0.841 bits per heavy atom. The summed E-state index contributed by atoms with van der Waals surface area (Å²) in [5.41, 5.74) is 0. The van der Waals surface area contributed by atoms with Crippen LogP contribution in [0.2, 0.25) is 0 Å². The molecule has 0 aromatic rings. The number of esters is 2. The Kier molecular flexibility index (Phi) is 47.0. The van der Waals surface area contributed by atoms with Gasteiger partial charge in [0.25, 0.3) is 0 Å². The number of hydrogen-bond donors (Lipinski definition) is 0. The molecule has 0 N–H and O–H groups in total. The standard InChI is InChI=1S/C60H97NO8/c1-6-8-10-12-14-16-18-20-22-23-24-25-26-27-28-29-30-31-32-33-34-35-37-39-41-43-45-47-49-51-58(63)69-56(55-68-60(59(64)65)66-53-52-61(3,4)5)54-67-57(62)50-48-46-44-42-40-38-36-21-19-17-15-13-11-9-7-2/h8,10,14,16,20-22,24-25,27-28,30-31,33-34,36-37,39,43,45,56,60H,6-7,9,11-13,15,17-19,23,26,29,32,35,38,40-42,44,46-55H2,1-5H3/b10-8-,16-14-,22-20-,25-24-,28-27-,31-30-,34-33-,36-21-,39-37-,45-43-. The molecule has 0 aliphatic carbocycles. The minimum atomic E-state index is -1.65. The second kappa shape index (κ2) is 50.1. The first-order valence-corrected chi connectivity index (χ1v) is 26.7. The van der Waals surface area contributed by atoms with Crippen LogP contribution in [0.5, 0.6) is 0 Å². The first-order chi connectivity index (χ1) is 33.6. The molecule has 0 radical (unpaired) electrons. The van der Waals surface area contributed by atoms with Crippen molar-refractivity contribution < 1.29 is 42.9 Å². The van der Waals surface area contributed by atoms with Crippen molar-refractivity contribution in [3.63, 3.8) is 0 Å². The quantitative estimate of drug-likeness (QED) is 0.0195. The molecular formula is C60H97NO8. The van der Waals surface area contributed by atoms with Gasteiger partial charge in [0.2, 0.25) is 0 Å². The summed E-state index contributed by atoms with van der Waals surface area (Å²) in [4.78, 5) is 37.1. The zero-order valence-corrected chi connectivity index (χ0v) is 44.1. The molecular weight excluding hydrogens is 863 g/mol. The number of hydrogen-bond acceptors (Lipinski definition) is 8. The molecule has 0 aromatic carbocycles. The molecule has 0 aromatic heterocycles. The second-order valence-corrected chi connectivity index (χ2v) is 18.4. The second-order valence-electron chi connectivity index (χ2n) is 18.4. The van der Waals surface area contributed by atoms with Crippen LogP contribution in [0, 0.1) is 0 Å². The fourth-order valence-electron chi connectivity index (χ4n) is 6.59. The fraction of sp³-hybridized carbons (Fsp3) is 0.617. The van der Waals surface area contributed by atoms with E-state index in [1.165, 1.54) is 44.9 Å². The smallest absolute Gasteiger partial charge is 0.306 e. The topological polar surface area (TPSA) is 111 Å². The third-order valence-corrected chi connectivity index (χ3v) is 10.7. The molecule has 0 saturated carbocycles. The van der Waals surface area contributed by atoms with Crippen LogP contribution in [0.25, 0.3) is 0 Å². The molecule has 0 aliphatic rings. The molecule has 0 spiro atoms. The summed E-state index contributed by atoms with van der Waals surface area (Å²) in [6.45, 7) is 4.52. The monoisotopic (exact) mass is 960 g/mol. The van der Waals surface area contributed by atoms with Crippen molar-refractivity contribution in [3.05, 3.63) is 122 Å². The van der Waals surface area contributed by atoms with Crippen LogP contribution in [0.4, 0.5) is 0 Å². The number of rotatable bonds is 47. The summed E-state index contributed by atoms with van der Waals surface area (Å²) in [5.74, 6) is -2.39. The van der Waals surface area contributed by atoms with Gasteiger partial charge in [-0.1, -0.05) is 187 Å². The van der Waals surface area contributed by atoms with E-state index < -0.39 is 24.3 Å². The zero-order chi connectivity index (χ0) is 50.6. The van der Waals surface area contributed by atoms with Gasteiger partial charge < -0.3 is 33.3 Å². The molecule has 0 rings (SSSR count). The van der Waals surface area contributed by atoms with Gasteiger partial charge in [0.15, 0.2) is 12.4 Å². The third-order valence-electron chi connectivity index (χ3n) is 10.7. The van der Waals surface area contributed by atoms with E-state index in [9.17, 15) is 19.5 Å². The number of likely N-dealkylation sites (N-methyl/N-ethyl adjacent to an activating group) is 1. The van der Waals surface area contributed by atoms with Gasteiger partial charge >= 0.3 is 11.9 Å². The van der Waals surface area contributed by atoms with Crippen molar-refractivity contribution in [2.24, 2.45) is 0 Å². The van der Waals surface area contributed by atoms with Gasteiger partial charge in [0.1, 0.15) is 13.2 Å². The molecule has 9 nitrogen and oxygen atoms in total. The normalized spacial score (nSPS) is 13.8. The Bertz CT molecular complexity index is 1540. The predicted octanol–water partition coefficient (Wildman–Crippen LogP) is 14.0. The average molecular weight is 960 g/mol. The van der Waals surface area contributed by atoms with Gasteiger partial charge in [-0.25, -0.2) is 0 Å². The van der Waals surface area contributed by atoms with Crippen LogP contribution in [-0.2, 0) is 33.3 Å². The number of unbranched alkanes of at least 4 members (excludes halogenated alkanes) is 12. The number of carboxylic acid groups (broad SMARTS) is 1. The summed E-state index contributed by atoms with van der Waals surface area (Å²) in [6.07, 6.45) is 66.8. The van der Waals surface area contributed by atoms with E-state index in [1.54, 1.807) is 0 Å². The number of allylic oxidation sites excluding steroid dienone is 20. The largest absolute Gasteiger partial charge is 0.545 e. The number of carbonyl (C=O) groups excluding carboxylic acids is 3. The third kappa shape index (κ3) is 51.4. The minimum Gasteiger partial charge on any atom is -0.545 e. The lowest BCUT2D eigenvalue weighted by atomic mass is 10.1. The first-order valence-electron chi connectivity index (χ1n) is 26.7. The van der Waals surface area contributed by atoms with E-state index in [4.69, 9.17) is 18.9 Å². The molecule has 2 atom stereocenters. The molecule has 0 heterocycles. The minimum absolute atomic E-state index is 0.129. The average Bonchev–Trinajstić information content (AvgIpc) is 3.31. The van der Waals surface area contributed by atoms with E-state index in [0.29, 0.717) is 30.3 Å². The number of carbonyl (C=O) groups is 3. The highest BCUT2D eigenvalue weighted by molar-refractivity contribution is 5.70. The van der Waals surface area contributed by atoms with E-state index in [2.05, 4.69) is 129 Å². The van der Waals surface area contributed by atoms with Crippen LogP contribution in [0.3, 0.4) is 0 Å². The number of quaternary nitrogens is 1. The van der Waals surface area contributed by atoms with Gasteiger partial charge in [-0.3, -0.25) is 9.59 Å². The van der Waals surface area contributed by atoms with Crippen LogP contribution in [0.1, 0.15) is 181 Å².